The minimum absolute atomic E-state index is 0.0885. The standard InChI is InChI=1S/C10H10BrN3O/c1-6-7(4-12)9(14-5-13-2)3-8(11)10(6)15/h3,5,15H,1-2H3,(H,13,14). The molecule has 0 atom stereocenters. The molecule has 1 rings (SSSR count). The lowest BCUT2D eigenvalue weighted by Crippen LogP contribution is -1.99. The molecule has 0 bridgehead atoms. The Balaban J connectivity index is 3.33. The van der Waals surface area contributed by atoms with E-state index >= 15 is 0 Å². The first-order valence-corrected chi connectivity index (χ1v) is 5.00. The van der Waals surface area contributed by atoms with Crippen molar-refractivity contribution in [1.29, 1.82) is 5.26 Å². The average molecular weight is 268 g/mol. The molecule has 0 aliphatic heterocycles. The van der Waals surface area contributed by atoms with Crippen molar-refractivity contribution in [2.45, 2.75) is 6.92 Å². The summed E-state index contributed by atoms with van der Waals surface area (Å²) in [5.41, 5.74) is 1.57. The Morgan fingerprint density at radius 2 is 2.33 bits per heavy atom. The molecule has 0 unspecified atom stereocenters. The van der Waals surface area contributed by atoms with E-state index in [1.54, 1.807) is 20.0 Å². The molecule has 0 amide bonds. The van der Waals surface area contributed by atoms with E-state index in [9.17, 15) is 5.11 Å². The normalized spacial score (nSPS) is 10.3. The first-order valence-electron chi connectivity index (χ1n) is 4.21. The van der Waals surface area contributed by atoms with Gasteiger partial charge < -0.3 is 10.4 Å². The first kappa shape index (κ1) is 11.5. The van der Waals surface area contributed by atoms with Crippen molar-refractivity contribution in [3.63, 3.8) is 0 Å². The summed E-state index contributed by atoms with van der Waals surface area (Å²) < 4.78 is 0.547. The Labute approximate surface area is 96.4 Å². The molecule has 0 aliphatic carbocycles. The highest BCUT2D eigenvalue weighted by Crippen LogP contribution is 2.34. The lowest BCUT2D eigenvalue weighted by Gasteiger charge is -2.09. The number of nitriles is 1. The van der Waals surface area contributed by atoms with Gasteiger partial charge in [-0.1, -0.05) is 0 Å². The molecule has 5 heteroatoms. The van der Waals surface area contributed by atoms with Gasteiger partial charge in [0.25, 0.3) is 0 Å². The van der Waals surface area contributed by atoms with Gasteiger partial charge in [0.15, 0.2) is 0 Å². The number of hydrogen-bond donors (Lipinski definition) is 2. The minimum atomic E-state index is 0.0885. The van der Waals surface area contributed by atoms with Crippen molar-refractivity contribution in [2.24, 2.45) is 4.99 Å². The fourth-order valence-corrected chi connectivity index (χ4v) is 1.69. The lowest BCUT2D eigenvalue weighted by atomic mass is 10.1. The number of halogens is 1. The van der Waals surface area contributed by atoms with Gasteiger partial charge in [0.1, 0.15) is 11.8 Å². The monoisotopic (exact) mass is 267 g/mol. The van der Waals surface area contributed by atoms with Crippen LogP contribution in [0, 0.1) is 18.3 Å². The third kappa shape index (κ3) is 2.28. The molecule has 0 aromatic heterocycles. The van der Waals surface area contributed by atoms with Gasteiger partial charge in [-0.05, 0) is 28.9 Å². The fourth-order valence-electron chi connectivity index (χ4n) is 1.16. The van der Waals surface area contributed by atoms with Crippen LogP contribution in [0.15, 0.2) is 15.5 Å². The maximum Gasteiger partial charge on any atom is 0.134 e. The zero-order valence-electron chi connectivity index (χ0n) is 8.37. The summed E-state index contributed by atoms with van der Waals surface area (Å²) in [5.74, 6) is 0.0885. The zero-order chi connectivity index (χ0) is 11.4. The first-order chi connectivity index (χ1) is 7.11. The van der Waals surface area contributed by atoms with Crippen LogP contribution in [0.2, 0.25) is 0 Å². The third-order valence-electron chi connectivity index (χ3n) is 1.96. The Kier molecular flexibility index (Phi) is 3.69. The second kappa shape index (κ2) is 4.80. The smallest absolute Gasteiger partial charge is 0.134 e. The SMILES string of the molecule is CN=CNc1cc(Br)c(O)c(C)c1C#N. The van der Waals surface area contributed by atoms with E-state index in [1.807, 2.05) is 6.07 Å². The number of aromatic hydroxyl groups is 1. The fraction of sp³-hybridized carbons (Fsp3) is 0.200. The number of phenols is 1. The van der Waals surface area contributed by atoms with Crippen molar-refractivity contribution in [1.82, 2.24) is 0 Å². The molecule has 0 radical (unpaired) electrons. The molecule has 1 aromatic rings. The maximum absolute atomic E-state index is 9.61. The van der Waals surface area contributed by atoms with Crippen LogP contribution in [0.3, 0.4) is 0 Å². The summed E-state index contributed by atoms with van der Waals surface area (Å²) in [5, 5.41) is 21.4. The number of nitrogens with zero attached hydrogens (tertiary/aromatic N) is 2. The number of hydrogen-bond acceptors (Lipinski definition) is 3. The summed E-state index contributed by atoms with van der Waals surface area (Å²) in [4.78, 5) is 3.76. The molecule has 15 heavy (non-hydrogen) atoms. The van der Waals surface area contributed by atoms with Crippen molar-refractivity contribution in [3.05, 3.63) is 21.7 Å². The Morgan fingerprint density at radius 3 is 2.87 bits per heavy atom. The van der Waals surface area contributed by atoms with Gasteiger partial charge in [-0.15, -0.1) is 0 Å². The molecule has 4 nitrogen and oxygen atoms in total. The summed E-state index contributed by atoms with van der Waals surface area (Å²) >= 11 is 3.21. The molecule has 0 heterocycles. The molecule has 0 saturated carbocycles. The number of benzene rings is 1. The second-order valence-corrected chi connectivity index (χ2v) is 3.75. The van der Waals surface area contributed by atoms with Crippen LogP contribution >= 0.6 is 15.9 Å². The molecular formula is C10H10BrN3O. The van der Waals surface area contributed by atoms with E-state index in [2.05, 4.69) is 26.2 Å². The van der Waals surface area contributed by atoms with Crippen LogP contribution in [0.5, 0.6) is 5.75 Å². The molecule has 2 N–H and O–H groups in total. The number of rotatable bonds is 2. The molecular weight excluding hydrogens is 258 g/mol. The average Bonchev–Trinajstić information content (AvgIpc) is 2.23. The summed E-state index contributed by atoms with van der Waals surface area (Å²) in [7, 11) is 1.63. The van der Waals surface area contributed by atoms with E-state index in [1.165, 1.54) is 6.34 Å². The van der Waals surface area contributed by atoms with E-state index in [-0.39, 0.29) is 5.75 Å². The van der Waals surface area contributed by atoms with Crippen LogP contribution in [-0.4, -0.2) is 18.5 Å². The predicted octanol–water partition coefficient (Wildman–Crippen LogP) is 2.40. The molecule has 0 spiro atoms. The highest BCUT2D eigenvalue weighted by atomic mass is 79.9. The predicted molar refractivity (Wildman–Crippen MR) is 63.3 cm³/mol. The number of aliphatic imine (C=N–C) groups is 1. The maximum atomic E-state index is 9.61. The third-order valence-corrected chi connectivity index (χ3v) is 2.56. The van der Waals surface area contributed by atoms with Crippen molar-refractivity contribution in [2.75, 3.05) is 12.4 Å². The Morgan fingerprint density at radius 1 is 1.67 bits per heavy atom. The van der Waals surface area contributed by atoms with Crippen molar-refractivity contribution < 1.29 is 5.11 Å². The van der Waals surface area contributed by atoms with Gasteiger partial charge in [0, 0.05) is 12.6 Å². The van der Waals surface area contributed by atoms with Crippen molar-refractivity contribution in [3.8, 4) is 11.8 Å². The Bertz CT molecular complexity index is 449. The van der Waals surface area contributed by atoms with Crippen LogP contribution in [0.1, 0.15) is 11.1 Å². The van der Waals surface area contributed by atoms with Gasteiger partial charge >= 0.3 is 0 Å². The van der Waals surface area contributed by atoms with Gasteiger partial charge in [-0.2, -0.15) is 5.26 Å². The molecule has 78 valence electrons. The van der Waals surface area contributed by atoms with E-state index in [4.69, 9.17) is 5.26 Å². The van der Waals surface area contributed by atoms with E-state index < -0.39 is 0 Å². The quantitative estimate of drug-likeness (QED) is 0.491. The van der Waals surface area contributed by atoms with E-state index in [0.717, 1.165) is 0 Å². The van der Waals surface area contributed by atoms with Gasteiger partial charge in [0.2, 0.25) is 0 Å². The topological polar surface area (TPSA) is 68.4 Å². The van der Waals surface area contributed by atoms with Crippen LogP contribution < -0.4 is 5.32 Å². The largest absolute Gasteiger partial charge is 0.506 e. The zero-order valence-corrected chi connectivity index (χ0v) is 9.96. The van der Waals surface area contributed by atoms with Crippen LogP contribution in [0.25, 0.3) is 0 Å². The van der Waals surface area contributed by atoms with Crippen molar-refractivity contribution >= 4 is 28.0 Å². The van der Waals surface area contributed by atoms with Gasteiger partial charge in [-0.25, -0.2) is 0 Å². The molecule has 0 saturated heterocycles. The van der Waals surface area contributed by atoms with Crippen LogP contribution in [-0.2, 0) is 0 Å². The lowest BCUT2D eigenvalue weighted by molar-refractivity contribution is 0.467. The summed E-state index contributed by atoms with van der Waals surface area (Å²) in [6.07, 6.45) is 1.49. The summed E-state index contributed by atoms with van der Waals surface area (Å²) in [6, 6.07) is 3.68. The summed E-state index contributed by atoms with van der Waals surface area (Å²) in [6.45, 7) is 1.69. The van der Waals surface area contributed by atoms with Gasteiger partial charge in [0.05, 0.1) is 22.1 Å². The second-order valence-electron chi connectivity index (χ2n) is 2.90. The van der Waals surface area contributed by atoms with E-state index in [0.29, 0.717) is 21.3 Å². The molecule has 1 aromatic carbocycles. The number of nitrogens with one attached hydrogen (secondary N) is 1. The number of anilines is 1. The molecule has 0 fully saturated rings. The Hall–Kier alpha value is -1.54. The minimum Gasteiger partial charge on any atom is -0.506 e. The highest BCUT2D eigenvalue weighted by Gasteiger charge is 2.12. The number of phenolic OH excluding ortho intramolecular Hbond substituents is 1. The molecule has 0 aliphatic rings. The highest BCUT2D eigenvalue weighted by molar-refractivity contribution is 9.10. The van der Waals surface area contributed by atoms with Crippen LogP contribution in [0.4, 0.5) is 5.69 Å². The van der Waals surface area contributed by atoms with Gasteiger partial charge in [-0.3, -0.25) is 4.99 Å².